The predicted octanol–water partition coefficient (Wildman–Crippen LogP) is 5.20. The van der Waals surface area contributed by atoms with Gasteiger partial charge in [0.25, 0.3) is 5.91 Å². The van der Waals surface area contributed by atoms with Crippen molar-refractivity contribution in [2.24, 2.45) is 11.8 Å². The van der Waals surface area contributed by atoms with Gasteiger partial charge in [-0.2, -0.15) is 4.31 Å². The predicted molar refractivity (Wildman–Crippen MR) is 119 cm³/mol. The highest BCUT2D eigenvalue weighted by atomic mass is 35.5. The number of sulfonamides is 1. The zero-order valence-corrected chi connectivity index (χ0v) is 19.1. The maximum Gasteiger partial charge on any atom is 0.255 e. The van der Waals surface area contributed by atoms with Crippen LogP contribution in [0.25, 0.3) is 0 Å². The van der Waals surface area contributed by atoms with Crippen molar-refractivity contribution in [3.8, 4) is 0 Å². The summed E-state index contributed by atoms with van der Waals surface area (Å²) in [5, 5.41) is 3.35. The third-order valence-corrected chi connectivity index (χ3v) is 6.57. The van der Waals surface area contributed by atoms with E-state index in [0.717, 1.165) is 5.56 Å². The van der Waals surface area contributed by atoms with Crippen molar-refractivity contribution < 1.29 is 13.2 Å². The Morgan fingerprint density at radius 2 is 1.55 bits per heavy atom. The molecule has 1 amide bonds. The quantitative estimate of drug-likeness (QED) is 0.618. The molecule has 0 spiro atoms. The number of amides is 1. The fraction of sp³-hybridized carbons (Fsp3) is 0.409. The number of anilines is 1. The van der Waals surface area contributed by atoms with Crippen LogP contribution in [-0.2, 0) is 10.0 Å². The molecule has 0 saturated carbocycles. The van der Waals surface area contributed by atoms with Gasteiger partial charge in [0, 0.05) is 29.4 Å². The smallest absolute Gasteiger partial charge is 0.255 e. The fourth-order valence-corrected chi connectivity index (χ4v) is 4.83. The van der Waals surface area contributed by atoms with Crippen LogP contribution < -0.4 is 5.32 Å². The van der Waals surface area contributed by atoms with Crippen molar-refractivity contribution in [3.05, 3.63) is 58.6 Å². The molecule has 5 nitrogen and oxygen atoms in total. The summed E-state index contributed by atoms with van der Waals surface area (Å²) in [6, 6.07) is 11.3. The van der Waals surface area contributed by atoms with Gasteiger partial charge in [0.05, 0.1) is 4.90 Å². The van der Waals surface area contributed by atoms with Crippen molar-refractivity contribution >= 4 is 33.2 Å². The molecule has 2 rings (SSSR count). The van der Waals surface area contributed by atoms with Crippen molar-refractivity contribution in [2.75, 3.05) is 18.4 Å². The molecule has 158 valence electrons. The second-order valence-electron chi connectivity index (χ2n) is 8.05. The number of carbonyl (C=O) groups is 1. The first kappa shape index (κ1) is 23.4. The monoisotopic (exact) mass is 436 g/mol. The summed E-state index contributed by atoms with van der Waals surface area (Å²) in [5.74, 6) is 0.111. The molecule has 7 heteroatoms. The van der Waals surface area contributed by atoms with E-state index in [-0.39, 0.29) is 22.6 Å². The lowest BCUT2D eigenvalue weighted by atomic mass is 10.2. The zero-order valence-electron chi connectivity index (χ0n) is 17.6. The van der Waals surface area contributed by atoms with E-state index in [1.54, 1.807) is 12.1 Å². The van der Waals surface area contributed by atoms with Gasteiger partial charge in [-0.3, -0.25) is 4.79 Å². The molecule has 0 unspecified atom stereocenters. The summed E-state index contributed by atoms with van der Waals surface area (Å²) in [7, 11) is -3.62. The molecule has 0 aliphatic rings. The maximum atomic E-state index is 13.1. The van der Waals surface area contributed by atoms with Gasteiger partial charge < -0.3 is 5.32 Å². The number of nitrogens with zero attached hydrogens (tertiary/aromatic N) is 1. The van der Waals surface area contributed by atoms with Crippen LogP contribution in [0, 0.1) is 18.8 Å². The van der Waals surface area contributed by atoms with Gasteiger partial charge in [0.1, 0.15) is 0 Å². The lowest BCUT2D eigenvalue weighted by Crippen LogP contribution is -2.37. The molecule has 29 heavy (non-hydrogen) atoms. The van der Waals surface area contributed by atoms with E-state index in [1.165, 1.54) is 28.6 Å². The van der Waals surface area contributed by atoms with Crippen LogP contribution in [0.15, 0.2) is 47.4 Å². The highest BCUT2D eigenvalue weighted by Crippen LogP contribution is 2.22. The Kier molecular flexibility index (Phi) is 7.86. The van der Waals surface area contributed by atoms with Crippen LogP contribution in [0.1, 0.15) is 43.6 Å². The number of aryl methyl sites for hydroxylation is 1. The Bertz CT molecular complexity index is 945. The molecule has 0 aliphatic heterocycles. The second-order valence-corrected chi connectivity index (χ2v) is 10.4. The highest BCUT2D eigenvalue weighted by Gasteiger charge is 2.26. The summed E-state index contributed by atoms with van der Waals surface area (Å²) >= 11 is 6.09. The molecule has 2 aromatic rings. The minimum atomic E-state index is -3.62. The van der Waals surface area contributed by atoms with Gasteiger partial charge >= 0.3 is 0 Å². The van der Waals surface area contributed by atoms with Crippen molar-refractivity contribution in [3.63, 3.8) is 0 Å². The average molecular weight is 437 g/mol. The first-order valence-corrected chi connectivity index (χ1v) is 11.5. The summed E-state index contributed by atoms with van der Waals surface area (Å²) in [5.41, 5.74) is 1.88. The summed E-state index contributed by atoms with van der Waals surface area (Å²) in [6.07, 6.45) is 0. The van der Waals surface area contributed by atoms with Gasteiger partial charge in [-0.05, 0) is 60.7 Å². The number of hydrogen-bond donors (Lipinski definition) is 1. The first-order valence-electron chi connectivity index (χ1n) is 9.68. The van der Waals surface area contributed by atoms with Gasteiger partial charge in [-0.25, -0.2) is 8.42 Å². The van der Waals surface area contributed by atoms with E-state index >= 15 is 0 Å². The van der Waals surface area contributed by atoms with E-state index in [9.17, 15) is 13.2 Å². The Labute approximate surface area is 179 Å². The number of halogens is 1. The molecule has 0 aromatic heterocycles. The molecular weight excluding hydrogens is 408 g/mol. The first-order chi connectivity index (χ1) is 13.5. The Hall–Kier alpha value is -1.89. The minimum absolute atomic E-state index is 0.189. The third-order valence-electron chi connectivity index (χ3n) is 4.32. The Balaban J connectivity index is 2.20. The largest absolute Gasteiger partial charge is 0.322 e. The van der Waals surface area contributed by atoms with E-state index < -0.39 is 10.0 Å². The van der Waals surface area contributed by atoms with Gasteiger partial charge in [0.2, 0.25) is 10.0 Å². The maximum absolute atomic E-state index is 13.1. The lowest BCUT2D eigenvalue weighted by molar-refractivity contribution is 0.102. The fourth-order valence-electron chi connectivity index (χ4n) is 2.89. The second kappa shape index (κ2) is 9.74. The lowest BCUT2D eigenvalue weighted by Gasteiger charge is -2.25. The number of hydrogen-bond acceptors (Lipinski definition) is 3. The Morgan fingerprint density at radius 1 is 1.00 bits per heavy atom. The molecule has 0 bridgehead atoms. The van der Waals surface area contributed by atoms with Crippen molar-refractivity contribution in [1.82, 2.24) is 4.31 Å². The molecule has 1 N–H and O–H groups in total. The van der Waals surface area contributed by atoms with Gasteiger partial charge in [-0.15, -0.1) is 0 Å². The minimum Gasteiger partial charge on any atom is -0.322 e. The van der Waals surface area contributed by atoms with Crippen LogP contribution >= 0.6 is 11.6 Å². The average Bonchev–Trinajstić information content (AvgIpc) is 2.63. The van der Waals surface area contributed by atoms with Crippen LogP contribution in [0.4, 0.5) is 5.69 Å². The topological polar surface area (TPSA) is 66.5 Å². The van der Waals surface area contributed by atoms with Crippen molar-refractivity contribution in [2.45, 2.75) is 39.5 Å². The third kappa shape index (κ3) is 6.29. The number of benzene rings is 2. The summed E-state index contributed by atoms with van der Waals surface area (Å²) in [4.78, 5) is 12.7. The van der Waals surface area contributed by atoms with Crippen LogP contribution in [-0.4, -0.2) is 31.7 Å². The molecule has 0 heterocycles. The number of rotatable bonds is 8. The molecule has 0 fully saturated rings. The molecule has 0 atom stereocenters. The zero-order chi connectivity index (χ0) is 21.8. The van der Waals surface area contributed by atoms with E-state index in [4.69, 9.17) is 11.6 Å². The van der Waals surface area contributed by atoms with Crippen LogP contribution in [0.3, 0.4) is 0 Å². The normalized spacial score (nSPS) is 12.0. The highest BCUT2D eigenvalue weighted by molar-refractivity contribution is 7.89. The van der Waals surface area contributed by atoms with Gasteiger partial charge in [-0.1, -0.05) is 45.4 Å². The molecule has 2 aromatic carbocycles. The molecular formula is C22H29ClN2O3S. The molecule has 0 radical (unpaired) electrons. The van der Waals surface area contributed by atoms with Gasteiger partial charge in [0.15, 0.2) is 0 Å². The number of nitrogens with one attached hydrogen (secondary N) is 1. The van der Waals surface area contributed by atoms with E-state index in [1.807, 2.05) is 40.7 Å². The molecule has 0 aliphatic carbocycles. The summed E-state index contributed by atoms with van der Waals surface area (Å²) < 4.78 is 27.6. The Morgan fingerprint density at radius 3 is 2.03 bits per heavy atom. The molecule has 0 saturated heterocycles. The number of carbonyl (C=O) groups excluding carboxylic acids is 1. The SMILES string of the molecule is Cc1ccc(NC(=O)c2ccc(S(=O)(=O)N(CC(C)C)CC(C)C)cc2)cc1Cl. The van der Waals surface area contributed by atoms with Crippen molar-refractivity contribution in [1.29, 1.82) is 0 Å². The van der Waals surface area contributed by atoms with E-state index in [2.05, 4.69) is 5.32 Å². The van der Waals surface area contributed by atoms with Crippen LogP contribution in [0.5, 0.6) is 0 Å². The van der Waals surface area contributed by atoms with Crippen LogP contribution in [0.2, 0.25) is 5.02 Å². The van der Waals surface area contributed by atoms with E-state index in [0.29, 0.717) is 29.4 Å². The summed E-state index contributed by atoms with van der Waals surface area (Å²) in [6.45, 7) is 10.8. The standard InChI is InChI=1S/C22H29ClN2O3S/c1-15(2)13-25(14-16(3)4)29(27,28)20-10-7-18(8-11-20)22(26)24-19-9-6-17(5)21(23)12-19/h6-12,15-16H,13-14H2,1-5H3,(H,24,26).